The number of para-hydroxylation sites is 1. The predicted molar refractivity (Wildman–Crippen MR) is 103 cm³/mol. The average Bonchev–Trinajstić information content (AvgIpc) is 3.03. The molecule has 1 aliphatic heterocycles. The summed E-state index contributed by atoms with van der Waals surface area (Å²) < 4.78 is 39.6. The quantitative estimate of drug-likeness (QED) is 0.668. The van der Waals surface area contributed by atoms with Gasteiger partial charge in [0.2, 0.25) is 0 Å². The average molecular weight is 425 g/mol. The maximum Gasteiger partial charge on any atom is 0.192 e. The monoisotopic (exact) mass is 424 g/mol. The van der Waals surface area contributed by atoms with Crippen LogP contribution in [0.5, 0.6) is 5.75 Å². The second-order valence-corrected chi connectivity index (χ2v) is 7.59. The highest BCUT2D eigenvalue weighted by molar-refractivity contribution is 6.30. The van der Waals surface area contributed by atoms with Gasteiger partial charge in [0.15, 0.2) is 28.6 Å². The van der Waals surface area contributed by atoms with Crippen LogP contribution in [0.1, 0.15) is 12.3 Å². The zero-order valence-electron chi connectivity index (χ0n) is 15.5. The summed E-state index contributed by atoms with van der Waals surface area (Å²) in [6.07, 6.45) is -1.24. The van der Waals surface area contributed by atoms with E-state index in [0.717, 1.165) is 12.1 Å². The van der Waals surface area contributed by atoms with Crippen LogP contribution in [-0.4, -0.2) is 46.6 Å². The molecule has 1 aliphatic rings. The molecule has 0 aliphatic carbocycles. The number of benzene rings is 2. The minimum Gasteiger partial charge on any atom is -0.488 e. The Labute approximate surface area is 170 Å². The van der Waals surface area contributed by atoms with E-state index in [2.05, 4.69) is 4.98 Å². The topological polar surface area (TPSA) is 79.0 Å². The summed E-state index contributed by atoms with van der Waals surface area (Å²) in [6.45, 7) is 1.46. The third kappa shape index (κ3) is 3.75. The number of aliphatic hydroxyl groups excluding tert-OH is 1. The van der Waals surface area contributed by atoms with Gasteiger partial charge in [-0.25, -0.2) is 13.8 Å². The lowest BCUT2D eigenvalue weighted by atomic mass is 9.89. The third-order valence-corrected chi connectivity index (χ3v) is 5.31. The molecule has 154 valence electrons. The molecule has 0 saturated carbocycles. The Morgan fingerprint density at radius 3 is 2.76 bits per heavy atom. The number of piperidine rings is 1. The lowest BCUT2D eigenvalue weighted by molar-refractivity contribution is -0.108. The molecule has 0 bridgehead atoms. The van der Waals surface area contributed by atoms with E-state index < -0.39 is 23.3 Å². The van der Waals surface area contributed by atoms with Crippen molar-refractivity contribution in [2.24, 2.45) is 0 Å². The van der Waals surface area contributed by atoms with Gasteiger partial charge in [-0.1, -0.05) is 17.7 Å². The number of halogens is 3. The van der Waals surface area contributed by atoms with Gasteiger partial charge >= 0.3 is 0 Å². The van der Waals surface area contributed by atoms with Crippen LogP contribution in [-0.2, 0) is 0 Å². The molecule has 2 atom stereocenters. The van der Waals surface area contributed by atoms with Gasteiger partial charge in [0.25, 0.3) is 0 Å². The minimum absolute atomic E-state index is 0.0451. The first-order chi connectivity index (χ1) is 13.8. The van der Waals surface area contributed by atoms with Crippen LogP contribution in [0.3, 0.4) is 0 Å². The first-order valence-electron chi connectivity index (χ1n) is 9.06. The summed E-state index contributed by atoms with van der Waals surface area (Å²) in [5.74, 6) is -0.749. The van der Waals surface area contributed by atoms with E-state index in [1.807, 2.05) is 0 Å². The molecule has 9 heteroatoms. The number of hydrogen-bond donors (Lipinski definition) is 2. The number of rotatable bonds is 4. The molecule has 1 aromatic heterocycles. The number of oxazole rings is 1. The van der Waals surface area contributed by atoms with Crippen molar-refractivity contribution in [1.29, 1.82) is 0 Å². The lowest BCUT2D eigenvalue weighted by Gasteiger charge is -2.42. The van der Waals surface area contributed by atoms with Crippen LogP contribution in [0, 0.1) is 18.6 Å². The summed E-state index contributed by atoms with van der Waals surface area (Å²) >= 11 is 5.66. The van der Waals surface area contributed by atoms with Crippen molar-refractivity contribution in [2.45, 2.75) is 25.0 Å². The Bertz CT molecular complexity index is 1040. The molecular weight excluding hydrogens is 406 g/mol. The van der Waals surface area contributed by atoms with Crippen molar-refractivity contribution >= 4 is 28.4 Å². The Balaban J connectivity index is 1.49. The maximum atomic E-state index is 14.2. The second kappa shape index (κ2) is 7.44. The molecule has 0 amide bonds. The SMILES string of the molecule is Cc1nc2c(OC[C@]3(O)CCN(c4c(F)cc(Cl)cc4F)C[C@H]3O)cccc2o1. The maximum absolute atomic E-state index is 14.2. The normalized spacial score (nSPS) is 22.3. The van der Waals surface area contributed by atoms with E-state index in [1.54, 1.807) is 25.1 Å². The van der Waals surface area contributed by atoms with Crippen LogP contribution >= 0.6 is 11.6 Å². The van der Waals surface area contributed by atoms with Gasteiger partial charge in [-0.15, -0.1) is 0 Å². The summed E-state index contributed by atoms with van der Waals surface area (Å²) in [6, 6.07) is 7.19. The number of nitrogens with zero attached hydrogens (tertiary/aromatic N) is 2. The molecule has 2 heterocycles. The fourth-order valence-corrected chi connectivity index (χ4v) is 3.72. The predicted octanol–water partition coefficient (Wildman–Crippen LogP) is 3.45. The van der Waals surface area contributed by atoms with Gasteiger partial charge < -0.3 is 24.3 Å². The zero-order chi connectivity index (χ0) is 20.8. The Hall–Kier alpha value is -2.42. The van der Waals surface area contributed by atoms with E-state index in [0.29, 0.717) is 22.7 Å². The van der Waals surface area contributed by atoms with Crippen molar-refractivity contribution in [3.05, 3.63) is 52.9 Å². The first-order valence-corrected chi connectivity index (χ1v) is 9.43. The van der Waals surface area contributed by atoms with Crippen LogP contribution in [0.4, 0.5) is 14.5 Å². The number of fused-ring (bicyclic) bond motifs is 1. The van der Waals surface area contributed by atoms with E-state index >= 15 is 0 Å². The number of hydrogen-bond acceptors (Lipinski definition) is 6. The molecule has 2 N–H and O–H groups in total. The van der Waals surface area contributed by atoms with Crippen molar-refractivity contribution in [3.8, 4) is 5.75 Å². The highest BCUT2D eigenvalue weighted by Gasteiger charge is 2.42. The summed E-state index contributed by atoms with van der Waals surface area (Å²) in [5.41, 5.74) is -0.794. The van der Waals surface area contributed by atoms with Crippen molar-refractivity contribution < 1.29 is 28.1 Å². The molecule has 0 unspecified atom stereocenters. The number of ether oxygens (including phenoxy) is 1. The summed E-state index contributed by atoms with van der Waals surface area (Å²) in [5, 5.41) is 21.3. The highest BCUT2D eigenvalue weighted by Crippen LogP contribution is 2.33. The van der Waals surface area contributed by atoms with Gasteiger partial charge in [0, 0.05) is 25.0 Å². The van der Waals surface area contributed by atoms with Crippen LogP contribution < -0.4 is 9.64 Å². The molecular formula is C20H19ClF2N2O4. The van der Waals surface area contributed by atoms with Gasteiger partial charge in [-0.3, -0.25) is 0 Å². The van der Waals surface area contributed by atoms with Gasteiger partial charge in [0.05, 0.1) is 0 Å². The molecule has 4 rings (SSSR count). The fourth-order valence-electron chi connectivity index (χ4n) is 3.53. The van der Waals surface area contributed by atoms with Crippen molar-refractivity contribution in [2.75, 3.05) is 24.6 Å². The molecule has 1 saturated heterocycles. The third-order valence-electron chi connectivity index (χ3n) is 5.09. The molecule has 0 spiro atoms. The summed E-state index contributed by atoms with van der Waals surface area (Å²) in [4.78, 5) is 5.61. The molecule has 0 radical (unpaired) electrons. The Morgan fingerprint density at radius 1 is 1.34 bits per heavy atom. The minimum atomic E-state index is -1.59. The molecule has 1 fully saturated rings. The standard InChI is InChI=1S/C20H19ClF2N2O4/c1-11-24-18-15(3-2-4-16(18)29-11)28-10-20(27)5-6-25(9-17(20)26)19-13(22)7-12(21)8-14(19)23/h2-4,7-8,17,26-27H,5-6,9-10H2,1H3/t17-,20-/m1/s1. The van der Waals surface area contributed by atoms with Crippen LogP contribution in [0.15, 0.2) is 34.7 Å². The first kappa shape index (κ1) is 19.9. The zero-order valence-corrected chi connectivity index (χ0v) is 16.3. The van der Waals surface area contributed by atoms with Gasteiger partial charge in [-0.05, 0) is 30.7 Å². The summed E-state index contributed by atoms with van der Waals surface area (Å²) in [7, 11) is 0. The van der Waals surface area contributed by atoms with Crippen LogP contribution in [0.2, 0.25) is 5.02 Å². The van der Waals surface area contributed by atoms with Gasteiger partial charge in [0.1, 0.15) is 29.7 Å². The highest BCUT2D eigenvalue weighted by atomic mass is 35.5. The fraction of sp³-hybridized carbons (Fsp3) is 0.350. The smallest absolute Gasteiger partial charge is 0.192 e. The number of β-amino-alcohol motifs (C(OH)–C–C–N with tert-alkyl or cyclic N) is 1. The molecule has 2 aromatic carbocycles. The van der Waals surface area contributed by atoms with Crippen molar-refractivity contribution in [3.63, 3.8) is 0 Å². The van der Waals surface area contributed by atoms with E-state index in [-0.39, 0.29) is 36.8 Å². The Morgan fingerprint density at radius 2 is 2.07 bits per heavy atom. The lowest BCUT2D eigenvalue weighted by Crippen LogP contribution is -2.58. The Kier molecular flexibility index (Phi) is 5.10. The second-order valence-electron chi connectivity index (χ2n) is 7.16. The number of aryl methyl sites for hydroxylation is 1. The molecule has 6 nitrogen and oxygen atoms in total. The molecule has 3 aromatic rings. The number of anilines is 1. The van der Waals surface area contributed by atoms with Crippen LogP contribution in [0.25, 0.3) is 11.1 Å². The van der Waals surface area contributed by atoms with Gasteiger partial charge in [-0.2, -0.15) is 0 Å². The molecule has 29 heavy (non-hydrogen) atoms. The van der Waals surface area contributed by atoms with E-state index in [9.17, 15) is 19.0 Å². The number of aromatic nitrogens is 1. The van der Waals surface area contributed by atoms with Crippen molar-refractivity contribution in [1.82, 2.24) is 4.98 Å². The largest absolute Gasteiger partial charge is 0.488 e. The van der Waals surface area contributed by atoms with E-state index in [1.165, 1.54) is 4.90 Å². The van der Waals surface area contributed by atoms with E-state index in [4.69, 9.17) is 20.8 Å². The number of aliphatic hydroxyl groups is 2.